The second-order valence-corrected chi connectivity index (χ2v) is 6.25. The van der Waals surface area contributed by atoms with Gasteiger partial charge in [0.05, 0.1) is 11.5 Å². The van der Waals surface area contributed by atoms with E-state index in [0.29, 0.717) is 4.91 Å². The van der Waals surface area contributed by atoms with Crippen molar-refractivity contribution in [3.8, 4) is 5.69 Å². The lowest BCUT2D eigenvalue weighted by Crippen LogP contribution is -2.34. The molecule has 2 heterocycles. The van der Waals surface area contributed by atoms with Gasteiger partial charge in [-0.15, -0.1) is 0 Å². The van der Waals surface area contributed by atoms with Crippen LogP contribution in [0.3, 0.4) is 0 Å². The van der Waals surface area contributed by atoms with Crippen LogP contribution in [-0.2, 0) is 14.3 Å². The summed E-state index contributed by atoms with van der Waals surface area (Å²) >= 11 is 0.823. The van der Waals surface area contributed by atoms with E-state index < -0.39 is 17.1 Å². The van der Waals surface area contributed by atoms with Crippen molar-refractivity contribution in [3.63, 3.8) is 0 Å². The van der Waals surface area contributed by atoms with Crippen LogP contribution in [0.4, 0.5) is 4.79 Å². The van der Waals surface area contributed by atoms with Crippen LogP contribution in [0.1, 0.15) is 12.5 Å². The van der Waals surface area contributed by atoms with Crippen molar-refractivity contribution < 1.29 is 19.1 Å². The predicted molar refractivity (Wildman–Crippen MR) is 95.1 cm³/mol. The molecule has 1 fully saturated rings. The Morgan fingerprint density at radius 2 is 1.96 bits per heavy atom. The van der Waals surface area contributed by atoms with Gasteiger partial charge in [0.25, 0.3) is 11.1 Å². The largest absolute Gasteiger partial charge is 0.465 e. The molecule has 0 spiro atoms. The van der Waals surface area contributed by atoms with Gasteiger partial charge < -0.3 is 9.30 Å². The summed E-state index contributed by atoms with van der Waals surface area (Å²) in [4.78, 5) is 37.0. The molecule has 6 nitrogen and oxygen atoms in total. The number of esters is 1. The molecule has 0 saturated carbocycles. The van der Waals surface area contributed by atoms with E-state index in [1.165, 1.54) is 0 Å². The van der Waals surface area contributed by atoms with Crippen LogP contribution < -0.4 is 0 Å². The molecule has 0 aliphatic carbocycles. The number of hydrogen-bond acceptors (Lipinski definition) is 5. The van der Waals surface area contributed by atoms with Gasteiger partial charge in [-0.05, 0) is 48.5 Å². The third-order valence-electron chi connectivity index (χ3n) is 3.53. The Bertz CT molecular complexity index is 842. The van der Waals surface area contributed by atoms with Crippen LogP contribution in [0.25, 0.3) is 11.8 Å². The maximum Gasteiger partial charge on any atom is 0.326 e. The van der Waals surface area contributed by atoms with Crippen LogP contribution in [0.15, 0.2) is 53.7 Å². The molecular formula is C18H16N2O4S. The highest BCUT2D eigenvalue weighted by atomic mass is 32.2. The molecule has 1 aromatic heterocycles. The first-order valence-corrected chi connectivity index (χ1v) is 8.54. The smallest absolute Gasteiger partial charge is 0.326 e. The zero-order chi connectivity index (χ0) is 17.8. The lowest BCUT2D eigenvalue weighted by Gasteiger charge is -2.10. The van der Waals surface area contributed by atoms with Gasteiger partial charge in [0, 0.05) is 18.1 Å². The van der Waals surface area contributed by atoms with Crippen molar-refractivity contribution in [1.29, 1.82) is 0 Å². The summed E-state index contributed by atoms with van der Waals surface area (Å²) < 4.78 is 6.71. The van der Waals surface area contributed by atoms with E-state index in [1.807, 2.05) is 53.4 Å². The van der Waals surface area contributed by atoms with E-state index in [1.54, 1.807) is 13.0 Å². The average molecular weight is 356 g/mol. The number of thioether (sulfide) groups is 1. The first kappa shape index (κ1) is 17.0. The summed E-state index contributed by atoms with van der Waals surface area (Å²) in [7, 11) is 0. The van der Waals surface area contributed by atoms with Crippen molar-refractivity contribution in [2.45, 2.75) is 6.92 Å². The van der Waals surface area contributed by atoms with Crippen LogP contribution in [0.5, 0.6) is 0 Å². The SMILES string of the molecule is CCOC(=O)CN1C(=O)S/C(=C\c2ccn(-c3ccccc3)c2)C1=O. The van der Waals surface area contributed by atoms with Crippen molar-refractivity contribution in [2.75, 3.05) is 13.2 Å². The molecule has 0 N–H and O–H groups in total. The Morgan fingerprint density at radius 3 is 2.68 bits per heavy atom. The van der Waals surface area contributed by atoms with Crippen LogP contribution in [0.2, 0.25) is 0 Å². The molecule has 0 unspecified atom stereocenters. The number of carbonyl (C=O) groups excluding carboxylic acids is 3. The molecule has 128 valence electrons. The van der Waals surface area contributed by atoms with E-state index in [4.69, 9.17) is 4.74 Å². The first-order chi connectivity index (χ1) is 12.1. The molecule has 2 amide bonds. The third kappa shape index (κ3) is 3.83. The van der Waals surface area contributed by atoms with Crippen molar-refractivity contribution in [2.24, 2.45) is 0 Å². The highest BCUT2D eigenvalue weighted by Gasteiger charge is 2.36. The van der Waals surface area contributed by atoms with Gasteiger partial charge >= 0.3 is 5.97 Å². The second kappa shape index (κ2) is 7.40. The average Bonchev–Trinajstić information content (AvgIpc) is 3.17. The topological polar surface area (TPSA) is 68.6 Å². The highest BCUT2D eigenvalue weighted by molar-refractivity contribution is 8.18. The fraction of sp³-hybridized carbons (Fsp3) is 0.167. The molecule has 1 saturated heterocycles. The monoisotopic (exact) mass is 356 g/mol. The number of benzene rings is 1. The van der Waals surface area contributed by atoms with E-state index in [-0.39, 0.29) is 13.2 Å². The van der Waals surface area contributed by atoms with E-state index in [0.717, 1.165) is 27.9 Å². The Hall–Kier alpha value is -2.80. The van der Waals surface area contributed by atoms with Gasteiger partial charge in [0.1, 0.15) is 6.54 Å². The number of imide groups is 1. The van der Waals surface area contributed by atoms with Gasteiger partial charge in [-0.25, -0.2) is 0 Å². The molecule has 0 radical (unpaired) electrons. The molecule has 0 bridgehead atoms. The molecule has 1 aliphatic rings. The van der Waals surface area contributed by atoms with Crippen LogP contribution >= 0.6 is 11.8 Å². The first-order valence-electron chi connectivity index (χ1n) is 7.73. The van der Waals surface area contributed by atoms with Gasteiger partial charge in [-0.3, -0.25) is 19.3 Å². The summed E-state index contributed by atoms with van der Waals surface area (Å²) in [5, 5.41) is -0.466. The molecule has 1 aromatic carbocycles. The van der Waals surface area contributed by atoms with Gasteiger partial charge in [-0.1, -0.05) is 18.2 Å². The number of para-hydroxylation sites is 1. The Labute approximate surface area is 149 Å². The maximum atomic E-state index is 12.3. The van der Waals surface area contributed by atoms with Crippen molar-refractivity contribution >= 4 is 35.0 Å². The molecule has 25 heavy (non-hydrogen) atoms. The summed E-state index contributed by atoms with van der Waals surface area (Å²) in [6.45, 7) is 1.52. The number of carbonyl (C=O) groups is 3. The van der Waals surface area contributed by atoms with Crippen molar-refractivity contribution in [1.82, 2.24) is 9.47 Å². The molecule has 7 heteroatoms. The van der Waals surface area contributed by atoms with Gasteiger partial charge in [-0.2, -0.15) is 0 Å². The summed E-state index contributed by atoms with van der Waals surface area (Å²) in [5.74, 6) is -1.07. The lowest BCUT2D eigenvalue weighted by atomic mass is 10.3. The Kier molecular flexibility index (Phi) is 5.04. The van der Waals surface area contributed by atoms with Crippen LogP contribution in [-0.4, -0.2) is 39.7 Å². The fourth-order valence-electron chi connectivity index (χ4n) is 2.38. The zero-order valence-electron chi connectivity index (χ0n) is 13.5. The molecule has 2 aromatic rings. The number of amides is 2. The summed E-state index contributed by atoms with van der Waals surface area (Å²) in [6, 6.07) is 11.6. The quantitative estimate of drug-likeness (QED) is 0.608. The fourth-order valence-corrected chi connectivity index (χ4v) is 3.22. The molecular weight excluding hydrogens is 340 g/mol. The number of rotatable bonds is 5. The van der Waals surface area contributed by atoms with Gasteiger partial charge in [0.2, 0.25) is 0 Å². The minimum absolute atomic E-state index is 0.206. The predicted octanol–water partition coefficient (Wildman–Crippen LogP) is 3.08. The standard InChI is InChI=1S/C18H16N2O4S/c1-2-24-16(21)12-20-17(22)15(25-18(20)23)10-13-8-9-19(11-13)14-6-4-3-5-7-14/h3-11H,2,12H2,1H3/b15-10-. The summed E-state index contributed by atoms with van der Waals surface area (Å²) in [6.07, 6.45) is 5.40. The number of ether oxygens (including phenoxy) is 1. The Morgan fingerprint density at radius 1 is 1.20 bits per heavy atom. The minimum Gasteiger partial charge on any atom is -0.465 e. The maximum absolute atomic E-state index is 12.3. The minimum atomic E-state index is -0.596. The Balaban J connectivity index is 1.76. The highest BCUT2D eigenvalue weighted by Crippen LogP contribution is 2.32. The molecule has 1 aliphatic heterocycles. The number of nitrogens with zero attached hydrogens (tertiary/aromatic N) is 2. The molecule has 0 atom stereocenters. The van der Waals surface area contributed by atoms with Gasteiger partial charge in [0.15, 0.2) is 0 Å². The second-order valence-electron chi connectivity index (χ2n) is 5.26. The van der Waals surface area contributed by atoms with E-state index in [9.17, 15) is 14.4 Å². The zero-order valence-corrected chi connectivity index (χ0v) is 14.4. The lowest BCUT2D eigenvalue weighted by molar-refractivity contribution is -0.145. The molecule has 3 rings (SSSR count). The van der Waals surface area contributed by atoms with Crippen molar-refractivity contribution in [3.05, 3.63) is 59.3 Å². The summed E-state index contributed by atoms with van der Waals surface area (Å²) in [5.41, 5.74) is 1.79. The number of aromatic nitrogens is 1. The van der Waals surface area contributed by atoms with Crippen LogP contribution in [0, 0.1) is 0 Å². The van der Waals surface area contributed by atoms with E-state index >= 15 is 0 Å². The normalized spacial score (nSPS) is 15.9. The van der Waals surface area contributed by atoms with E-state index in [2.05, 4.69) is 0 Å². The third-order valence-corrected chi connectivity index (χ3v) is 4.44. The number of hydrogen-bond donors (Lipinski definition) is 0.